The number of hydrogen-bond acceptors (Lipinski definition) is 3. The third-order valence-corrected chi connectivity index (χ3v) is 2.70. The van der Waals surface area contributed by atoms with Crippen molar-refractivity contribution >= 4 is 28.3 Å². The van der Waals surface area contributed by atoms with Gasteiger partial charge in [0.05, 0.1) is 5.69 Å². The number of anilines is 1. The number of fused-ring (bicyclic) bond motifs is 1. The van der Waals surface area contributed by atoms with Crippen LogP contribution >= 0.6 is 0 Å². The molecule has 0 aliphatic carbocycles. The second-order valence-electron chi connectivity index (χ2n) is 4.09. The fourth-order valence-corrected chi connectivity index (χ4v) is 1.95. The molecule has 18 heavy (non-hydrogen) atoms. The molecule has 0 radical (unpaired) electrons. The Morgan fingerprint density at radius 2 is 1.56 bits per heavy atom. The summed E-state index contributed by atoms with van der Waals surface area (Å²) in [5, 5.41) is 11.1. The van der Waals surface area contributed by atoms with Crippen LogP contribution in [0.15, 0.2) is 36.4 Å². The van der Waals surface area contributed by atoms with Crippen LogP contribution in [0.3, 0.4) is 0 Å². The Bertz CT molecular complexity index is 620. The number of phenolic OH excluding ortho intramolecular Hbond substituents is 1. The Morgan fingerprint density at radius 1 is 0.944 bits per heavy atom. The minimum Gasteiger partial charge on any atom is -0.508 e. The maximum atomic E-state index is 11.4. The highest BCUT2D eigenvalue weighted by molar-refractivity contribution is 6.13. The van der Waals surface area contributed by atoms with Crippen molar-refractivity contribution in [2.45, 2.75) is 13.8 Å². The molecule has 0 saturated carbocycles. The molecule has 2 rings (SSSR count). The van der Waals surface area contributed by atoms with Gasteiger partial charge in [-0.05, 0) is 35.0 Å². The quantitative estimate of drug-likeness (QED) is 0.836. The van der Waals surface area contributed by atoms with Crippen LogP contribution in [-0.2, 0) is 9.59 Å². The van der Waals surface area contributed by atoms with Crippen molar-refractivity contribution < 1.29 is 14.7 Å². The number of carbonyl (C=O) groups excluding carboxylic acids is 2. The van der Waals surface area contributed by atoms with E-state index in [-0.39, 0.29) is 17.6 Å². The van der Waals surface area contributed by atoms with E-state index in [2.05, 4.69) is 0 Å². The van der Waals surface area contributed by atoms with Crippen molar-refractivity contribution in [1.29, 1.82) is 0 Å². The first-order valence-electron chi connectivity index (χ1n) is 5.53. The van der Waals surface area contributed by atoms with Crippen LogP contribution in [-0.4, -0.2) is 16.9 Å². The molecule has 0 saturated heterocycles. The molecule has 2 aromatic carbocycles. The number of amides is 2. The molecule has 0 aromatic heterocycles. The number of aromatic hydroxyl groups is 1. The number of rotatable bonds is 1. The fraction of sp³-hybridized carbons (Fsp3) is 0.143. The Kier molecular flexibility index (Phi) is 3.02. The standard InChI is InChI=1S/C14H13NO3/c1-9(16)15(10(2)17)13-5-3-11-4-6-14(18)8-12(11)7-13/h3-8,18H,1-2H3. The fourth-order valence-electron chi connectivity index (χ4n) is 1.95. The van der Waals surface area contributed by atoms with Gasteiger partial charge in [0.15, 0.2) is 0 Å². The highest BCUT2D eigenvalue weighted by atomic mass is 16.3. The topological polar surface area (TPSA) is 57.6 Å². The first-order valence-corrected chi connectivity index (χ1v) is 5.53. The van der Waals surface area contributed by atoms with Gasteiger partial charge in [0.25, 0.3) is 0 Å². The van der Waals surface area contributed by atoms with E-state index in [4.69, 9.17) is 0 Å². The van der Waals surface area contributed by atoms with E-state index in [9.17, 15) is 14.7 Å². The van der Waals surface area contributed by atoms with Gasteiger partial charge in [0, 0.05) is 13.8 Å². The second-order valence-corrected chi connectivity index (χ2v) is 4.09. The molecule has 0 heterocycles. The van der Waals surface area contributed by atoms with Gasteiger partial charge in [0.2, 0.25) is 11.8 Å². The van der Waals surface area contributed by atoms with Gasteiger partial charge in [-0.3, -0.25) is 14.5 Å². The Morgan fingerprint density at radius 3 is 2.17 bits per heavy atom. The van der Waals surface area contributed by atoms with Crippen molar-refractivity contribution in [3.8, 4) is 5.75 Å². The molecule has 92 valence electrons. The van der Waals surface area contributed by atoms with Crippen molar-refractivity contribution in [3.05, 3.63) is 36.4 Å². The third kappa shape index (κ3) is 2.18. The van der Waals surface area contributed by atoms with Crippen molar-refractivity contribution in [2.24, 2.45) is 0 Å². The summed E-state index contributed by atoms with van der Waals surface area (Å²) in [6.07, 6.45) is 0. The Balaban J connectivity index is 2.58. The number of hydrogen-bond donors (Lipinski definition) is 1. The molecule has 4 heteroatoms. The van der Waals surface area contributed by atoms with Crippen LogP contribution in [0.25, 0.3) is 10.8 Å². The lowest BCUT2D eigenvalue weighted by molar-refractivity contribution is -0.124. The minimum absolute atomic E-state index is 0.150. The van der Waals surface area contributed by atoms with Crippen LogP contribution in [0.5, 0.6) is 5.75 Å². The Labute approximate surface area is 104 Å². The van der Waals surface area contributed by atoms with Gasteiger partial charge in [0.1, 0.15) is 5.75 Å². The van der Waals surface area contributed by atoms with Gasteiger partial charge in [-0.15, -0.1) is 0 Å². The summed E-state index contributed by atoms with van der Waals surface area (Å²) >= 11 is 0. The van der Waals surface area contributed by atoms with Gasteiger partial charge < -0.3 is 5.11 Å². The van der Waals surface area contributed by atoms with E-state index in [1.165, 1.54) is 13.8 Å². The maximum absolute atomic E-state index is 11.4. The van der Waals surface area contributed by atoms with Crippen LogP contribution in [0.2, 0.25) is 0 Å². The van der Waals surface area contributed by atoms with Gasteiger partial charge >= 0.3 is 0 Å². The van der Waals surface area contributed by atoms with E-state index < -0.39 is 0 Å². The zero-order valence-electron chi connectivity index (χ0n) is 10.2. The summed E-state index contributed by atoms with van der Waals surface area (Å²) in [6.45, 7) is 2.68. The highest BCUT2D eigenvalue weighted by Crippen LogP contribution is 2.25. The molecule has 1 N–H and O–H groups in total. The van der Waals surface area contributed by atoms with Crippen LogP contribution in [0, 0.1) is 0 Å². The molecular formula is C14H13NO3. The second kappa shape index (κ2) is 4.49. The molecule has 0 unspecified atom stereocenters. The van der Waals surface area contributed by atoms with Crippen LogP contribution in [0.1, 0.15) is 13.8 Å². The van der Waals surface area contributed by atoms with E-state index in [1.807, 2.05) is 6.07 Å². The number of phenols is 1. The third-order valence-electron chi connectivity index (χ3n) is 2.70. The van der Waals surface area contributed by atoms with E-state index in [0.717, 1.165) is 15.7 Å². The smallest absolute Gasteiger partial charge is 0.230 e. The lowest BCUT2D eigenvalue weighted by atomic mass is 10.1. The zero-order valence-corrected chi connectivity index (χ0v) is 10.2. The highest BCUT2D eigenvalue weighted by Gasteiger charge is 2.16. The summed E-state index contributed by atoms with van der Waals surface area (Å²) in [5.41, 5.74) is 0.508. The molecule has 4 nitrogen and oxygen atoms in total. The van der Waals surface area contributed by atoms with E-state index in [1.54, 1.807) is 30.3 Å². The summed E-state index contributed by atoms with van der Waals surface area (Å²) < 4.78 is 0. The lowest BCUT2D eigenvalue weighted by Crippen LogP contribution is -2.32. The average Bonchev–Trinajstić information content (AvgIpc) is 2.27. The normalized spacial score (nSPS) is 10.3. The molecule has 0 spiro atoms. The number of carbonyl (C=O) groups is 2. The summed E-state index contributed by atoms with van der Waals surface area (Å²) in [6, 6.07) is 10.2. The minimum atomic E-state index is -0.331. The first-order chi connectivity index (χ1) is 8.49. The summed E-state index contributed by atoms with van der Waals surface area (Å²) in [5.74, 6) is -0.513. The molecule has 0 aliphatic heterocycles. The molecule has 2 aromatic rings. The monoisotopic (exact) mass is 243 g/mol. The van der Waals surface area contributed by atoms with Crippen LogP contribution < -0.4 is 4.90 Å². The summed E-state index contributed by atoms with van der Waals surface area (Å²) in [7, 11) is 0. The summed E-state index contributed by atoms with van der Waals surface area (Å²) in [4.78, 5) is 24.0. The van der Waals surface area contributed by atoms with E-state index >= 15 is 0 Å². The zero-order chi connectivity index (χ0) is 13.3. The lowest BCUT2D eigenvalue weighted by Gasteiger charge is -2.17. The Hall–Kier alpha value is -2.36. The van der Waals surface area contributed by atoms with E-state index in [0.29, 0.717) is 5.69 Å². The predicted molar refractivity (Wildman–Crippen MR) is 69.5 cm³/mol. The molecule has 2 amide bonds. The number of benzene rings is 2. The SMILES string of the molecule is CC(=O)N(C(C)=O)c1ccc2ccc(O)cc2c1. The van der Waals surface area contributed by atoms with Gasteiger partial charge in [-0.25, -0.2) is 0 Å². The predicted octanol–water partition coefficient (Wildman–Crippen LogP) is 2.44. The number of nitrogens with zero attached hydrogens (tertiary/aromatic N) is 1. The van der Waals surface area contributed by atoms with Gasteiger partial charge in [-0.1, -0.05) is 12.1 Å². The van der Waals surface area contributed by atoms with Gasteiger partial charge in [-0.2, -0.15) is 0 Å². The molecule has 0 fully saturated rings. The molecule has 0 atom stereocenters. The largest absolute Gasteiger partial charge is 0.508 e. The average molecular weight is 243 g/mol. The molecule has 0 bridgehead atoms. The first kappa shape index (κ1) is 12.1. The maximum Gasteiger partial charge on any atom is 0.230 e. The van der Waals surface area contributed by atoms with Crippen molar-refractivity contribution in [3.63, 3.8) is 0 Å². The molecular weight excluding hydrogens is 230 g/mol. The number of imide groups is 1. The molecule has 0 aliphatic rings. The van der Waals surface area contributed by atoms with Crippen molar-refractivity contribution in [1.82, 2.24) is 0 Å². The van der Waals surface area contributed by atoms with Crippen molar-refractivity contribution in [2.75, 3.05) is 4.90 Å². The van der Waals surface area contributed by atoms with Crippen LogP contribution in [0.4, 0.5) is 5.69 Å².